The largest absolute Gasteiger partial charge is 0.214 e. The molecule has 80 valence electrons. The summed E-state index contributed by atoms with van der Waals surface area (Å²) in [6.45, 7) is 0. The van der Waals surface area contributed by atoms with Crippen LogP contribution in [0.5, 0.6) is 0 Å². The molecule has 0 radical (unpaired) electrons. The Kier molecular flexibility index (Phi) is 5.50. The third-order valence-corrected chi connectivity index (χ3v) is 2.21. The van der Waals surface area contributed by atoms with E-state index in [1.54, 1.807) is 0 Å². The van der Waals surface area contributed by atoms with Gasteiger partial charge in [0.1, 0.15) is 0 Å². The van der Waals surface area contributed by atoms with Gasteiger partial charge in [-0.25, -0.2) is 12.1 Å². The van der Waals surface area contributed by atoms with Crippen LogP contribution in [0.3, 0.4) is 0 Å². The minimum atomic E-state index is 0. The molecule has 0 saturated carbocycles. The van der Waals surface area contributed by atoms with Crippen LogP contribution in [-0.4, -0.2) is 0 Å². The summed E-state index contributed by atoms with van der Waals surface area (Å²) in [5.74, 6) is 0. The van der Waals surface area contributed by atoms with Crippen molar-refractivity contribution in [1.29, 1.82) is 0 Å². The Morgan fingerprint density at radius 1 is 0.562 bits per heavy atom. The zero-order chi connectivity index (χ0) is 10.3. The van der Waals surface area contributed by atoms with Crippen LogP contribution in [0.4, 0.5) is 0 Å². The minimum Gasteiger partial charge on any atom is -0.214 e. The zero-order valence-corrected chi connectivity index (χ0v) is 10.2. The topological polar surface area (TPSA) is 0 Å². The zero-order valence-electron chi connectivity index (χ0n) is 8.91. The van der Waals surface area contributed by atoms with Gasteiger partial charge in [0, 0.05) is 17.4 Å². The van der Waals surface area contributed by atoms with Crippen molar-refractivity contribution in [3.63, 3.8) is 0 Å². The molecule has 0 bridgehead atoms. The van der Waals surface area contributed by atoms with E-state index in [1.807, 2.05) is 30.3 Å². The van der Waals surface area contributed by atoms with Crippen molar-refractivity contribution >= 4 is 10.8 Å². The van der Waals surface area contributed by atoms with Gasteiger partial charge in [0.15, 0.2) is 0 Å². The third kappa shape index (κ3) is 3.62. The average Bonchev–Trinajstić information content (AvgIpc) is 2.88. The van der Waals surface area contributed by atoms with Gasteiger partial charge in [-0.15, -0.1) is 0 Å². The molecule has 0 unspecified atom stereocenters. The molecule has 0 atom stereocenters. The molecule has 0 nitrogen and oxygen atoms in total. The molecule has 3 rings (SSSR count). The molecule has 0 aromatic heterocycles. The Labute approximate surface area is 107 Å². The molecule has 0 aliphatic heterocycles. The molecule has 0 spiro atoms. The SMILES string of the molecule is [Cr].c1cc[cH-]c1.c1ccc2ccccc2c1. The second-order valence-electron chi connectivity index (χ2n) is 3.31. The Balaban J connectivity index is 0.000000183. The van der Waals surface area contributed by atoms with E-state index in [2.05, 4.69) is 48.5 Å². The molecule has 0 aliphatic rings. The first-order chi connectivity index (χ1) is 7.47. The number of rotatable bonds is 0. The standard InChI is InChI=1S/C10H8.C5H5.Cr/c1-2-6-10-8-4-3-7-9(10)5-1;1-2-4-5-3-1;/h1-8H;1-5H;/q;-1;. The molecule has 3 aromatic rings. The van der Waals surface area contributed by atoms with E-state index in [1.165, 1.54) is 10.8 Å². The van der Waals surface area contributed by atoms with Crippen LogP contribution in [0.2, 0.25) is 0 Å². The second kappa shape index (κ2) is 6.96. The van der Waals surface area contributed by atoms with Crippen molar-refractivity contribution in [2.45, 2.75) is 0 Å². The maximum atomic E-state index is 2.12. The molecule has 0 heterocycles. The summed E-state index contributed by atoms with van der Waals surface area (Å²) < 4.78 is 0. The van der Waals surface area contributed by atoms with Crippen molar-refractivity contribution in [2.24, 2.45) is 0 Å². The summed E-state index contributed by atoms with van der Waals surface area (Å²) in [6.07, 6.45) is 0. The molecular weight excluding hydrogens is 232 g/mol. The molecule has 0 saturated heterocycles. The van der Waals surface area contributed by atoms with Crippen LogP contribution < -0.4 is 0 Å². The van der Waals surface area contributed by atoms with Gasteiger partial charge >= 0.3 is 0 Å². The molecule has 0 aliphatic carbocycles. The second-order valence-corrected chi connectivity index (χ2v) is 3.31. The number of hydrogen-bond acceptors (Lipinski definition) is 0. The van der Waals surface area contributed by atoms with Crippen LogP contribution in [-0.2, 0) is 17.4 Å². The first kappa shape index (κ1) is 12.7. The van der Waals surface area contributed by atoms with Gasteiger partial charge in [-0.2, -0.15) is 18.2 Å². The average molecular weight is 245 g/mol. The summed E-state index contributed by atoms with van der Waals surface area (Å²) in [7, 11) is 0. The smallest absolute Gasteiger partial charge is 0 e. The van der Waals surface area contributed by atoms with Crippen molar-refractivity contribution in [3.8, 4) is 0 Å². The Morgan fingerprint density at radius 3 is 1.19 bits per heavy atom. The minimum absolute atomic E-state index is 0. The van der Waals surface area contributed by atoms with Gasteiger partial charge in [-0.1, -0.05) is 48.5 Å². The van der Waals surface area contributed by atoms with Crippen LogP contribution in [0.25, 0.3) is 10.8 Å². The van der Waals surface area contributed by atoms with Gasteiger partial charge < -0.3 is 0 Å². The van der Waals surface area contributed by atoms with Crippen molar-refractivity contribution in [1.82, 2.24) is 0 Å². The Hall–Kier alpha value is -1.42. The van der Waals surface area contributed by atoms with Crippen LogP contribution in [0.1, 0.15) is 0 Å². The van der Waals surface area contributed by atoms with Crippen molar-refractivity contribution < 1.29 is 17.4 Å². The number of hydrogen-bond donors (Lipinski definition) is 0. The first-order valence-electron chi connectivity index (χ1n) is 5.07. The first-order valence-corrected chi connectivity index (χ1v) is 5.07. The predicted molar refractivity (Wildman–Crippen MR) is 66.0 cm³/mol. The Bertz CT molecular complexity index is 415. The number of fused-ring (bicyclic) bond motifs is 1. The van der Waals surface area contributed by atoms with E-state index in [4.69, 9.17) is 0 Å². The van der Waals surface area contributed by atoms with E-state index in [0.717, 1.165) is 0 Å². The van der Waals surface area contributed by atoms with E-state index in [9.17, 15) is 0 Å². The van der Waals surface area contributed by atoms with E-state index < -0.39 is 0 Å². The fourth-order valence-electron chi connectivity index (χ4n) is 1.45. The summed E-state index contributed by atoms with van der Waals surface area (Å²) in [5, 5.41) is 2.62. The Morgan fingerprint density at radius 2 is 0.938 bits per heavy atom. The van der Waals surface area contributed by atoms with Gasteiger partial charge in [-0.05, 0) is 10.8 Å². The van der Waals surface area contributed by atoms with Gasteiger partial charge in [0.25, 0.3) is 0 Å². The van der Waals surface area contributed by atoms with Crippen LogP contribution >= 0.6 is 0 Å². The molecule has 0 N–H and O–H groups in total. The molecule has 1 heteroatoms. The van der Waals surface area contributed by atoms with Crippen LogP contribution in [0.15, 0.2) is 78.9 Å². The van der Waals surface area contributed by atoms with E-state index in [0.29, 0.717) is 0 Å². The van der Waals surface area contributed by atoms with Gasteiger partial charge in [0.05, 0.1) is 0 Å². The van der Waals surface area contributed by atoms with Crippen molar-refractivity contribution in [3.05, 3.63) is 78.9 Å². The molecule has 3 aromatic carbocycles. The maximum absolute atomic E-state index is 2.12. The van der Waals surface area contributed by atoms with Crippen LogP contribution in [0, 0.1) is 0 Å². The fraction of sp³-hybridized carbons (Fsp3) is 0. The summed E-state index contributed by atoms with van der Waals surface area (Å²) in [5.41, 5.74) is 0. The number of benzene rings is 2. The predicted octanol–water partition coefficient (Wildman–Crippen LogP) is 4.24. The van der Waals surface area contributed by atoms with E-state index in [-0.39, 0.29) is 17.4 Å². The monoisotopic (exact) mass is 245 g/mol. The summed E-state index contributed by atoms with van der Waals surface area (Å²) in [6, 6.07) is 26.7. The normalized spacial score (nSPS) is 8.75. The fourth-order valence-corrected chi connectivity index (χ4v) is 1.45. The molecule has 16 heavy (non-hydrogen) atoms. The third-order valence-electron chi connectivity index (χ3n) is 2.21. The van der Waals surface area contributed by atoms with E-state index >= 15 is 0 Å². The quantitative estimate of drug-likeness (QED) is 0.519. The molecular formula is C15H13Cr-. The molecule has 0 fully saturated rings. The molecule has 0 amide bonds. The van der Waals surface area contributed by atoms with Gasteiger partial charge in [0.2, 0.25) is 0 Å². The summed E-state index contributed by atoms with van der Waals surface area (Å²) >= 11 is 0. The van der Waals surface area contributed by atoms with Gasteiger partial charge in [-0.3, -0.25) is 0 Å². The summed E-state index contributed by atoms with van der Waals surface area (Å²) in [4.78, 5) is 0. The maximum Gasteiger partial charge on any atom is 0 e. The van der Waals surface area contributed by atoms with Crippen molar-refractivity contribution in [2.75, 3.05) is 0 Å².